The molecule has 0 bridgehead atoms. The summed E-state index contributed by atoms with van der Waals surface area (Å²) in [5, 5.41) is 0. The Morgan fingerprint density at radius 1 is 1.62 bits per heavy atom. The van der Waals surface area contributed by atoms with Crippen molar-refractivity contribution < 1.29 is 4.79 Å². The van der Waals surface area contributed by atoms with E-state index in [9.17, 15) is 4.79 Å². The summed E-state index contributed by atoms with van der Waals surface area (Å²) in [6, 6.07) is 0. The molecule has 0 radical (unpaired) electrons. The van der Waals surface area contributed by atoms with Gasteiger partial charge in [0, 0.05) is 5.41 Å². The number of carbonyl (C=O) groups is 1. The van der Waals surface area contributed by atoms with Crippen molar-refractivity contribution in [2.75, 3.05) is 12.0 Å². The van der Waals surface area contributed by atoms with E-state index in [0.29, 0.717) is 0 Å². The molecule has 0 heterocycles. The molecule has 1 aliphatic rings. The van der Waals surface area contributed by atoms with Crippen LogP contribution < -0.4 is 0 Å². The van der Waals surface area contributed by atoms with Gasteiger partial charge in [0.25, 0.3) is 0 Å². The quantitative estimate of drug-likeness (QED) is 0.649. The minimum absolute atomic E-state index is 0.0423. The summed E-state index contributed by atoms with van der Waals surface area (Å²) in [5.74, 6) is 1.88. The highest BCUT2D eigenvalue weighted by molar-refractivity contribution is 7.98. The van der Waals surface area contributed by atoms with E-state index in [-0.39, 0.29) is 5.41 Å². The highest BCUT2D eigenvalue weighted by Crippen LogP contribution is 2.40. The van der Waals surface area contributed by atoms with Crippen LogP contribution in [0.5, 0.6) is 0 Å². The molecular weight excluding hydrogens is 180 g/mol. The zero-order chi connectivity index (χ0) is 9.73. The van der Waals surface area contributed by atoms with Crippen molar-refractivity contribution in [1.29, 1.82) is 0 Å². The lowest BCUT2D eigenvalue weighted by molar-refractivity contribution is -0.118. The molecule has 1 fully saturated rings. The number of aldehydes is 1. The van der Waals surface area contributed by atoms with Crippen molar-refractivity contribution in [3.8, 4) is 0 Å². The summed E-state index contributed by atoms with van der Waals surface area (Å²) in [6.45, 7) is 2.27. The van der Waals surface area contributed by atoms with Gasteiger partial charge in [0.2, 0.25) is 0 Å². The number of thioether (sulfide) groups is 1. The fourth-order valence-electron chi connectivity index (χ4n) is 2.40. The molecule has 0 amide bonds. The van der Waals surface area contributed by atoms with Gasteiger partial charge in [0.15, 0.2) is 0 Å². The topological polar surface area (TPSA) is 17.1 Å². The highest BCUT2D eigenvalue weighted by atomic mass is 32.2. The maximum atomic E-state index is 11.1. The SMILES string of the molecule is CSCCC1(C=O)CCCC(C)C1. The molecular formula is C11H20OS. The second kappa shape index (κ2) is 5.04. The van der Waals surface area contributed by atoms with Gasteiger partial charge in [-0.25, -0.2) is 0 Å². The minimum atomic E-state index is 0.0423. The molecule has 76 valence electrons. The van der Waals surface area contributed by atoms with Gasteiger partial charge >= 0.3 is 0 Å². The molecule has 13 heavy (non-hydrogen) atoms. The average molecular weight is 200 g/mol. The van der Waals surface area contributed by atoms with Gasteiger partial charge < -0.3 is 4.79 Å². The second-order valence-corrected chi connectivity index (χ2v) is 5.41. The van der Waals surface area contributed by atoms with E-state index in [2.05, 4.69) is 13.2 Å². The lowest BCUT2D eigenvalue weighted by atomic mass is 9.69. The van der Waals surface area contributed by atoms with Crippen molar-refractivity contribution >= 4 is 18.0 Å². The molecule has 1 rings (SSSR count). The van der Waals surface area contributed by atoms with Gasteiger partial charge in [0.05, 0.1) is 0 Å². The van der Waals surface area contributed by atoms with E-state index >= 15 is 0 Å². The molecule has 1 aliphatic carbocycles. The Balaban J connectivity index is 2.51. The molecule has 0 aromatic heterocycles. The van der Waals surface area contributed by atoms with E-state index in [4.69, 9.17) is 0 Å². The molecule has 2 unspecified atom stereocenters. The summed E-state index contributed by atoms with van der Waals surface area (Å²) in [4.78, 5) is 11.1. The largest absolute Gasteiger partial charge is 0.303 e. The molecule has 2 heteroatoms. The minimum Gasteiger partial charge on any atom is -0.303 e. The van der Waals surface area contributed by atoms with Gasteiger partial charge in [-0.1, -0.05) is 19.8 Å². The van der Waals surface area contributed by atoms with Crippen LogP contribution in [0.25, 0.3) is 0 Å². The third-order valence-electron chi connectivity index (χ3n) is 3.18. The Hall–Kier alpha value is 0.0200. The smallest absolute Gasteiger partial charge is 0.126 e. The first kappa shape index (κ1) is 11.1. The summed E-state index contributed by atoms with van der Waals surface area (Å²) in [5.41, 5.74) is 0.0423. The first-order chi connectivity index (χ1) is 6.22. The predicted molar refractivity (Wildman–Crippen MR) is 59.1 cm³/mol. The summed E-state index contributed by atoms with van der Waals surface area (Å²) in [7, 11) is 0. The molecule has 0 aromatic rings. The van der Waals surface area contributed by atoms with E-state index in [1.54, 1.807) is 0 Å². The summed E-state index contributed by atoms with van der Waals surface area (Å²) >= 11 is 1.85. The molecule has 1 saturated carbocycles. The van der Waals surface area contributed by atoms with Crippen LogP contribution in [0.3, 0.4) is 0 Å². The molecule has 0 aliphatic heterocycles. The Labute approximate surface area is 85.7 Å². The van der Waals surface area contributed by atoms with Gasteiger partial charge in [-0.15, -0.1) is 0 Å². The first-order valence-corrected chi connectivity index (χ1v) is 6.57. The number of rotatable bonds is 4. The van der Waals surface area contributed by atoms with Crippen LogP contribution >= 0.6 is 11.8 Å². The number of hydrogen-bond donors (Lipinski definition) is 0. The van der Waals surface area contributed by atoms with Crippen LogP contribution in [0.2, 0.25) is 0 Å². The predicted octanol–water partition coefficient (Wildman–Crippen LogP) is 3.13. The highest BCUT2D eigenvalue weighted by Gasteiger charge is 2.33. The van der Waals surface area contributed by atoms with Crippen LogP contribution in [0.4, 0.5) is 0 Å². The van der Waals surface area contributed by atoms with Crippen molar-refractivity contribution in [3.63, 3.8) is 0 Å². The Kier molecular flexibility index (Phi) is 4.30. The van der Waals surface area contributed by atoms with Crippen molar-refractivity contribution in [2.24, 2.45) is 11.3 Å². The monoisotopic (exact) mass is 200 g/mol. The van der Waals surface area contributed by atoms with Gasteiger partial charge in [-0.2, -0.15) is 11.8 Å². The van der Waals surface area contributed by atoms with Crippen LogP contribution in [0.15, 0.2) is 0 Å². The number of hydrogen-bond acceptors (Lipinski definition) is 2. The molecule has 0 spiro atoms. The standard InChI is InChI=1S/C11H20OS/c1-10-4-3-5-11(8-10,9-12)6-7-13-2/h9-10H,3-8H2,1-2H3. The Morgan fingerprint density at radius 2 is 2.38 bits per heavy atom. The van der Waals surface area contributed by atoms with E-state index in [0.717, 1.165) is 30.9 Å². The molecule has 0 N–H and O–H groups in total. The fourth-order valence-corrected chi connectivity index (χ4v) is 3.01. The molecule has 1 nitrogen and oxygen atoms in total. The van der Waals surface area contributed by atoms with Gasteiger partial charge in [-0.3, -0.25) is 0 Å². The molecule has 0 saturated heterocycles. The fraction of sp³-hybridized carbons (Fsp3) is 0.909. The van der Waals surface area contributed by atoms with E-state index in [1.807, 2.05) is 11.8 Å². The zero-order valence-corrected chi connectivity index (χ0v) is 9.53. The first-order valence-electron chi connectivity index (χ1n) is 5.18. The second-order valence-electron chi connectivity index (χ2n) is 4.42. The van der Waals surface area contributed by atoms with Crippen molar-refractivity contribution in [3.05, 3.63) is 0 Å². The van der Waals surface area contributed by atoms with E-state index < -0.39 is 0 Å². The Morgan fingerprint density at radius 3 is 2.92 bits per heavy atom. The van der Waals surface area contributed by atoms with Gasteiger partial charge in [0.1, 0.15) is 6.29 Å². The van der Waals surface area contributed by atoms with Crippen LogP contribution in [0, 0.1) is 11.3 Å². The third-order valence-corrected chi connectivity index (χ3v) is 3.79. The lowest BCUT2D eigenvalue weighted by Gasteiger charge is -2.35. The van der Waals surface area contributed by atoms with E-state index in [1.165, 1.54) is 19.1 Å². The summed E-state index contributed by atoms with van der Waals surface area (Å²) < 4.78 is 0. The average Bonchev–Trinajstić information content (AvgIpc) is 2.15. The molecule has 2 atom stereocenters. The summed E-state index contributed by atoms with van der Waals surface area (Å²) in [6.07, 6.45) is 9.24. The van der Waals surface area contributed by atoms with Crippen LogP contribution in [-0.2, 0) is 4.79 Å². The lowest BCUT2D eigenvalue weighted by Crippen LogP contribution is -2.30. The zero-order valence-electron chi connectivity index (χ0n) is 8.71. The van der Waals surface area contributed by atoms with Crippen LogP contribution in [0.1, 0.15) is 39.0 Å². The maximum Gasteiger partial charge on any atom is 0.126 e. The normalized spacial score (nSPS) is 34.5. The number of carbonyl (C=O) groups excluding carboxylic acids is 1. The third kappa shape index (κ3) is 3.01. The maximum absolute atomic E-state index is 11.1. The molecule has 0 aromatic carbocycles. The van der Waals surface area contributed by atoms with Gasteiger partial charge in [-0.05, 0) is 37.2 Å². The van der Waals surface area contributed by atoms with Crippen molar-refractivity contribution in [2.45, 2.75) is 39.0 Å². The van der Waals surface area contributed by atoms with Crippen molar-refractivity contribution in [1.82, 2.24) is 0 Å². The Bertz CT molecular complexity index is 169. The van der Waals surface area contributed by atoms with Crippen LogP contribution in [-0.4, -0.2) is 18.3 Å².